The molecule has 4 N–H and O–H groups in total. The molecular formula is C34H39N5O10. The van der Waals surface area contributed by atoms with Gasteiger partial charge in [-0.1, -0.05) is 12.8 Å². The van der Waals surface area contributed by atoms with E-state index in [-0.39, 0.29) is 38.2 Å². The van der Waals surface area contributed by atoms with Crippen LogP contribution >= 0.6 is 0 Å². The van der Waals surface area contributed by atoms with Crippen LogP contribution in [0.15, 0.2) is 53.3 Å². The molecular weight excluding hydrogens is 638 g/mol. The van der Waals surface area contributed by atoms with Crippen LogP contribution in [0.5, 0.6) is 11.5 Å². The van der Waals surface area contributed by atoms with Crippen molar-refractivity contribution in [2.75, 3.05) is 25.0 Å². The number of carbonyl (C=O) groups excluding carboxylic acids is 6. The summed E-state index contributed by atoms with van der Waals surface area (Å²) in [6, 6.07) is 11.7. The zero-order chi connectivity index (χ0) is 35.4. The van der Waals surface area contributed by atoms with Crippen LogP contribution < -0.4 is 31.0 Å². The summed E-state index contributed by atoms with van der Waals surface area (Å²) in [5.74, 6) is -0.441. The number of aldehydes is 2. The molecule has 3 rings (SSSR count). The molecule has 0 spiro atoms. The number of nitrogens with one attached hydrogen (secondary N) is 4. The molecule has 2 aromatic carbocycles. The van der Waals surface area contributed by atoms with Gasteiger partial charge >= 0.3 is 24.1 Å². The van der Waals surface area contributed by atoms with Crippen molar-refractivity contribution in [3.63, 3.8) is 0 Å². The number of anilines is 1. The first kappa shape index (κ1) is 37.6. The van der Waals surface area contributed by atoms with Crippen molar-refractivity contribution in [2.24, 2.45) is 0 Å². The molecule has 15 heteroatoms. The number of nitrogens with zero attached hydrogens (tertiary/aromatic N) is 1. The number of aromatic amines is 1. The van der Waals surface area contributed by atoms with Crippen LogP contribution in [0.4, 0.5) is 15.5 Å². The Morgan fingerprint density at radius 3 is 1.92 bits per heavy atom. The third-order valence-corrected chi connectivity index (χ3v) is 6.96. The van der Waals surface area contributed by atoms with Crippen molar-refractivity contribution >= 4 is 42.6 Å². The maximum atomic E-state index is 12.6. The highest BCUT2D eigenvalue weighted by Gasteiger charge is 2.13. The smallest absolute Gasteiger partial charge is 0.412 e. The Morgan fingerprint density at radius 2 is 1.33 bits per heavy atom. The van der Waals surface area contributed by atoms with Crippen LogP contribution in [0.3, 0.4) is 0 Å². The van der Waals surface area contributed by atoms with Crippen molar-refractivity contribution in [2.45, 2.75) is 58.3 Å². The molecule has 0 saturated carbocycles. The third-order valence-electron chi connectivity index (χ3n) is 6.96. The normalized spacial score (nSPS) is 10.4. The largest absolute Gasteiger partial charge is 0.465 e. The first-order valence-corrected chi connectivity index (χ1v) is 15.7. The van der Waals surface area contributed by atoms with Gasteiger partial charge in [0.15, 0.2) is 0 Å². The molecule has 1 aromatic heterocycles. The number of urea groups is 1. The number of rotatable bonds is 19. The second-order valence-corrected chi connectivity index (χ2v) is 10.8. The van der Waals surface area contributed by atoms with Crippen LogP contribution in [0.25, 0.3) is 0 Å². The fourth-order valence-electron chi connectivity index (χ4n) is 4.38. The number of hydrogen-bond donors (Lipinski definition) is 4. The van der Waals surface area contributed by atoms with Crippen molar-refractivity contribution in [3.05, 3.63) is 81.3 Å². The number of H-pyrrole nitrogens is 1. The van der Waals surface area contributed by atoms with E-state index >= 15 is 0 Å². The Kier molecular flexibility index (Phi) is 15.6. The molecule has 0 atom stereocenters. The lowest BCUT2D eigenvalue weighted by atomic mass is 10.2. The maximum Gasteiger partial charge on any atom is 0.412 e. The van der Waals surface area contributed by atoms with Gasteiger partial charge in [-0.2, -0.15) is 0 Å². The van der Waals surface area contributed by atoms with Crippen LogP contribution in [-0.2, 0) is 20.7 Å². The van der Waals surface area contributed by atoms with E-state index in [9.17, 15) is 33.6 Å². The molecule has 3 aromatic rings. The number of aryl methyl sites for hydroxylation is 1. The highest BCUT2D eigenvalue weighted by Crippen LogP contribution is 2.13. The number of carbonyl (C=O) groups is 6. The molecule has 3 amide bonds. The maximum absolute atomic E-state index is 12.6. The van der Waals surface area contributed by atoms with E-state index in [1.54, 1.807) is 19.1 Å². The van der Waals surface area contributed by atoms with Crippen molar-refractivity contribution in [3.8, 4) is 11.5 Å². The van der Waals surface area contributed by atoms with E-state index in [1.807, 2.05) is 0 Å². The second kappa shape index (κ2) is 20.4. The molecule has 49 heavy (non-hydrogen) atoms. The van der Waals surface area contributed by atoms with Crippen LogP contribution in [-0.4, -0.2) is 66.3 Å². The van der Waals surface area contributed by atoms with E-state index in [0.717, 1.165) is 19.3 Å². The molecule has 0 unspecified atom stereocenters. The average Bonchev–Trinajstić information content (AvgIpc) is 3.07. The van der Waals surface area contributed by atoms with Gasteiger partial charge in [-0.3, -0.25) is 34.3 Å². The van der Waals surface area contributed by atoms with Gasteiger partial charge in [-0.25, -0.2) is 14.6 Å². The number of amides is 3. The number of esters is 2. The van der Waals surface area contributed by atoms with Gasteiger partial charge in [-0.05, 0) is 74.7 Å². The summed E-state index contributed by atoms with van der Waals surface area (Å²) in [6.07, 6.45) is 4.15. The molecule has 15 nitrogen and oxygen atoms in total. The lowest BCUT2D eigenvalue weighted by Crippen LogP contribution is -2.32. The van der Waals surface area contributed by atoms with Crippen molar-refractivity contribution < 1.29 is 43.0 Å². The average molecular weight is 678 g/mol. The standard InChI is InChI=1S/C34H39N5O10/c1-23-28(17-20-47-29(42)7-6-8-30(43)48-26-13-9-24(21-40)10-14-26)31(44)38-32(37-23)39-33(45)35-18-4-2-3-5-19-36-34(46)49-27-15-11-25(22-41)12-16-27/h9-16,21-22H,2-8,17-20H2,1H3,(H,36,46)(H3,35,37,38,39,44,45). The van der Waals surface area contributed by atoms with E-state index in [1.165, 1.54) is 36.4 Å². The molecule has 0 saturated heterocycles. The molecule has 0 bridgehead atoms. The van der Waals surface area contributed by atoms with Gasteiger partial charge in [0.25, 0.3) is 5.56 Å². The van der Waals surface area contributed by atoms with Gasteiger partial charge in [-0.15, -0.1) is 0 Å². The van der Waals surface area contributed by atoms with E-state index < -0.39 is 29.6 Å². The van der Waals surface area contributed by atoms with Crippen molar-refractivity contribution in [1.29, 1.82) is 0 Å². The Balaban J connectivity index is 1.24. The molecule has 0 aliphatic heterocycles. The summed E-state index contributed by atoms with van der Waals surface area (Å²) in [6.45, 7) is 2.36. The lowest BCUT2D eigenvalue weighted by Gasteiger charge is -2.10. The number of ether oxygens (including phenoxy) is 3. The fraction of sp³-hybridized carbons (Fsp3) is 0.353. The lowest BCUT2D eigenvalue weighted by molar-refractivity contribution is -0.143. The molecule has 260 valence electrons. The zero-order valence-corrected chi connectivity index (χ0v) is 27.1. The number of benzene rings is 2. The first-order chi connectivity index (χ1) is 23.7. The quantitative estimate of drug-likeness (QED) is 0.0615. The highest BCUT2D eigenvalue weighted by molar-refractivity contribution is 5.87. The molecule has 0 aliphatic rings. The summed E-state index contributed by atoms with van der Waals surface area (Å²) < 4.78 is 15.5. The summed E-state index contributed by atoms with van der Waals surface area (Å²) >= 11 is 0. The minimum atomic E-state index is -0.582. The third kappa shape index (κ3) is 14.2. The minimum Gasteiger partial charge on any atom is -0.465 e. The van der Waals surface area contributed by atoms with E-state index in [2.05, 4.69) is 25.9 Å². The SMILES string of the molecule is Cc1nc(NC(=O)NCCCCCCNC(=O)Oc2ccc(C=O)cc2)[nH]c(=O)c1CCOC(=O)CCCC(=O)Oc1ccc(C=O)cc1. The predicted molar refractivity (Wildman–Crippen MR) is 177 cm³/mol. The molecule has 0 fully saturated rings. The molecule has 0 aliphatic carbocycles. The topological polar surface area (TPSA) is 212 Å². The Hall–Kier alpha value is -5.86. The van der Waals surface area contributed by atoms with E-state index in [4.69, 9.17) is 14.2 Å². The number of unbranched alkanes of at least 4 members (excludes halogenated alkanes) is 3. The summed E-state index contributed by atoms with van der Waals surface area (Å²) in [5, 5.41) is 7.84. The Labute approximate surface area is 282 Å². The first-order valence-electron chi connectivity index (χ1n) is 15.7. The summed E-state index contributed by atoms with van der Waals surface area (Å²) in [7, 11) is 0. The molecule has 1 heterocycles. The summed E-state index contributed by atoms with van der Waals surface area (Å²) in [4.78, 5) is 88.8. The van der Waals surface area contributed by atoms with Crippen molar-refractivity contribution in [1.82, 2.24) is 20.6 Å². The Bertz CT molecular complexity index is 1640. The Morgan fingerprint density at radius 1 is 0.755 bits per heavy atom. The van der Waals surface area contributed by atoms with Crippen LogP contribution in [0, 0.1) is 6.92 Å². The predicted octanol–water partition coefficient (Wildman–Crippen LogP) is 4.04. The van der Waals surface area contributed by atoms with Gasteiger partial charge in [0, 0.05) is 49.0 Å². The van der Waals surface area contributed by atoms with Gasteiger partial charge in [0.2, 0.25) is 5.95 Å². The highest BCUT2D eigenvalue weighted by atomic mass is 16.6. The minimum absolute atomic E-state index is 0.00448. The monoisotopic (exact) mass is 677 g/mol. The van der Waals surface area contributed by atoms with Gasteiger partial charge < -0.3 is 24.8 Å². The van der Waals surface area contributed by atoms with Gasteiger partial charge in [0.05, 0.1) is 12.3 Å². The number of aromatic nitrogens is 2. The second-order valence-electron chi connectivity index (χ2n) is 10.8. The fourth-order valence-corrected chi connectivity index (χ4v) is 4.38. The van der Waals surface area contributed by atoms with Crippen LogP contribution in [0.1, 0.15) is 76.9 Å². The zero-order valence-electron chi connectivity index (χ0n) is 27.1. The number of hydrogen-bond acceptors (Lipinski definition) is 11. The van der Waals surface area contributed by atoms with E-state index in [0.29, 0.717) is 66.0 Å². The molecule has 0 radical (unpaired) electrons. The summed E-state index contributed by atoms with van der Waals surface area (Å²) in [5.41, 5.74) is 1.14. The van der Waals surface area contributed by atoms with Crippen LogP contribution in [0.2, 0.25) is 0 Å². The van der Waals surface area contributed by atoms with Gasteiger partial charge in [0.1, 0.15) is 24.1 Å².